The van der Waals surface area contributed by atoms with E-state index in [4.69, 9.17) is 11.6 Å². The first-order chi connectivity index (χ1) is 13.4. The second-order valence-electron chi connectivity index (χ2n) is 7.96. The Morgan fingerprint density at radius 3 is 2.75 bits per heavy atom. The Labute approximate surface area is 171 Å². The number of likely N-dealkylation sites (tertiary alicyclic amines) is 1. The van der Waals surface area contributed by atoms with E-state index in [0.29, 0.717) is 29.6 Å². The molecular formula is C23H28ClFN2O. The van der Waals surface area contributed by atoms with E-state index >= 15 is 0 Å². The molecule has 0 spiro atoms. The maximum absolute atomic E-state index is 14.1. The van der Waals surface area contributed by atoms with Gasteiger partial charge in [-0.05, 0) is 55.5 Å². The summed E-state index contributed by atoms with van der Waals surface area (Å²) in [6.07, 6.45) is 1.76. The number of hydrogen-bond donors (Lipinski definition) is 1. The third-order valence-corrected chi connectivity index (χ3v) is 5.85. The van der Waals surface area contributed by atoms with Crippen molar-refractivity contribution in [3.05, 3.63) is 63.9 Å². The Kier molecular flexibility index (Phi) is 6.73. The zero-order valence-electron chi connectivity index (χ0n) is 16.8. The minimum atomic E-state index is -0.291. The third-order valence-electron chi connectivity index (χ3n) is 5.49. The molecule has 0 radical (unpaired) electrons. The van der Waals surface area contributed by atoms with Gasteiger partial charge in [-0.3, -0.25) is 9.69 Å². The molecule has 1 amide bonds. The van der Waals surface area contributed by atoms with Gasteiger partial charge in [0.25, 0.3) is 0 Å². The van der Waals surface area contributed by atoms with Crippen LogP contribution < -0.4 is 5.32 Å². The van der Waals surface area contributed by atoms with Crippen molar-refractivity contribution < 1.29 is 9.18 Å². The first-order valence-electron chi connectivity index (χ1n) is 9.92. The predicted octanol–water partition coefficient (Wildman–Crippen LogP) is 5.76. The van der Waals surface area contributed by atoms with Crippen LogP contribution in [0.5, 0.6) is 0 Å². The van der Waals surface area contributed by atoms with Crippen LogP contribution in [0, 0.1) is 18.7 Å². The van der Waals surface area contributed by atoms with Gasteiger partial charge in [0.1, 0.15) is 5.82 Å². The lowest BCUT2D eigenvalue weighted by Crippen LogP contribution is -2.40. The summed E-state index contributed by atoms with van der Waals surface area (Å²) in [6.45, 7) is 8.16. The van der Waals surface area contributed by atoms with Crippen LogP contribution in [-0.4, -0.2) is 23.9 Å². The highest BCUT2D eigenvalue weighted by atomic mass is 35.5. The van der Waals surface area contributed by atoms with Crippen molar-refractivity contribution in [2.75, 3.05) is 18.4 Å². The fourth-order valence-electron chi connectivity index (χ4n) is 3.89. The van der Waals surface area contributed by atoms with Gasteiger partial charge in [0.15, 0.2) is 0 Å². The molecule has 0 aromatic heterocycles. The smallest absolute Gasteiger partial charge is 0.228 e. The van der Waals surface area contributed by atoms with Gasteiger partial charge in [-0.25, -0.2) is 4.39 Å². The van der Waals surface area contributed by atoms with Crippen LogP contribution in [0.2, 0.25) is 5.02 Å². The number of carbonyl (C=O) groups excluding carboxylic acids is 1. The number of aryl methyl sites for hydroxylation is 1. The van der Waals surface area contributed by atoms with Crippen LogP contribution in [0.15, 0.2) is 36.4 Å². The first-order valence-corrected chi connectivity index (χ1v) is 10.3. The van der Waals surface area contributed by atoms with Crippen LogP contribution in [-0.2, 0) is 11.3 Å². The molecule has 0 bridgehead atoms. The normalized spacial score (nSPS) is 17.7. The number of hydrogen-bond acceptors (Lipinski definition) is 2. The number of anilines is 1. The minimum Gasteiger partial charge on any atom is -0.325 e. The number of piperidine rings is 1. The Hall–Kier alpha value is -1.91. The van der Waals surface area contributed by atoms with Crippen molar-refractivity contribution in [2.24, 2.45) is 5.92 Å². The van der Waals surface area contributed by atoms with Gasteiger partial charge in [-0.15, -0.1) is 0 Å². The largest absolute Gasteiger partial charge is 0.325 e. The van der Waals surface area contributed by atoms with Crippen molar-refractivity contribution in [3.63, 3.8) is 0 Å². The highest BCUT2D eigenvalue weighted by molar-refractivity contribution is 6.31. The lowest BCUT2D eigenvalue weighted by atomic mass is 9.94. The molecule has 3 rings (SSSR count). The fourth-order valence-corrected chi connectivity index (χ4v) is 4.11. The number of rotatable bonds is 5. The molecule has 1 aliphatic heterocycles. The maximum atomic E-state index is 14.1. The van der Waals surface area contributed by atoms with Gasteiger partial charge in [0, 0.05) is 29.4 Å². The molecule has 1 unspecified atom stereocenters. The number of nitrogens with zero attached hydrogens (tertiary/aromatic N) is 1. The van der Waals surface area contributed by atoms with Crippen molar-refractivity contribution >= 4 is 23.2 Å². The molecule has 0 aliphatic carbocycles. The summed E-state index contributed by atoms with van der Waals surface area (Å²) in [5.74, 6) is -0.0266. The minimum absolute atomic E-state index is 0.0422. The molecule has 2 aromatic rings. The molecule has 5 heteroatoms. The van der Waals surface area contributed by atoms with E-state index in [-0.39, 0.29) is 17.6 Å². The van der Waals surface area contributed by atoms with E-state index in [0.717, 1.165) is 36.2 Å². The molecule has 2 aromatic carbocycles. The van der Waals surface area contributed by atoms with Gasteiger partial charge < -0.3 is 5.32 Å². The van der Waals surface area contributed by atoms with E-state index < -0.39 is 0 Å². The number of amides is 1. The quantitative estimate of drug-likeness (QED) is 0.689. The van der Waals surface area contributed by atoms with Gasteiger partial charge in [-0.2, -0.15) is 0 Å². The Balaban J connectivity index is 1.70. The fraction of sp³-hybridized carbons (Fsp3) is 0.435. The number of carbonyl (C=O) groups is 1. The average molecular weight is 403 g/mol. The molecule has 150 valence electrons. The molecule has 1 heterocycles. The summed E-state index contributed by atoms with van der Waals surface area (Å²) in [5, 5.41) is 3.61. The standard InChI is InChI=1S/C23H28ClFN2O/c1-15(2)18-9-4-7-16(3)22(18)26-23(28)17-8-6-12-27(13-17)14-19-20(24)10-5-11-21(19)25/h4-5,7,9-11,15,17H,6,8,12-14H2,1-3H3,(H,26,28). The summed E-state index contributed by atoms with van der Waals surface area (Å²) in [7, 11) is 0. The molecule has 1 N–H and O–H groups in total. The predicted molar refractivity (Wildman–Crippen MR) is 113 cm³/mol. The molecule has 1 aliphatic rings. The van der Waals surface area contributed by atoms with E-state index in [9.17, 15) is 9.18 Å². The Morgan fingerprint density at radius 1 is 1.29 bits per heavy atom. The van der Waals surface area contributed by atoms with Crippen LogP contribution in [0.3, 0.4) is 0 Å². The number of para-hydroxylation sites is 1. The highest BCUT2D eigenvalue weighted by Gasteiger charge is 2.27. The van der Waals surface area contributed by atoms with Crippen LogP contribution in [0.1, 0.15) is 49.3 Å². The number of halogens is 2. The molecule has 3 nitrogen and oxygen atoms in total. The monoisotopic (exact) mass is 402 g/mol. The third kappa shape index (κ3) is 4.73. The lowest BCUT2D eigenvalue weighted by molar-refractivity contribution is -0.121. The molecule has 0 saturated carbocycles. The average Bonchev–Trinajstić information content (AvgIpc) is 2.66. The summed E-state index contributed by atoms with van der Waals surface area (Å²) < 4.78 is 14.1. The van der Waals surface area contributed by atoms with E-state index in [2.05, 4.69) is 30.1 Å². The Bertz CT molecular complexity index is 832. The first kappa shape index (κ1) is 20.8. The van der Waals surface area contributed by atoms with Gasteiger partial charge >= 0.3 is 0 Å². The summed E-state index contributed by atoms with van der Waals surface area (Å²) in [4.78, 5) is 15.1. The molecule has 1 fully saturated rings. The molecule has 1 saturated heterocycles. The maximum Gasteiger partial charge on any atom is 0.228 e. The zero-order chi connectivity index (χ0) is 20.3. The number of nitrogens with one attached hydrogen (secondary N) is 1. The van der Waals surface area contributed by atoms with E-state index in [1.807, 2.05) is 19.1 Å². The lowest BCUT2D eigenvalue weighted by Gasteiger charge is -2.32. The van der Waals surface area contributed by atoms with E-state index in [1.165, 1.54) is 6.07 Å². The van der Waals surface area contributed by atoms with Crippen LogP contribution in [0.25, 0.3) is 0 Å². The van der Waals surface area contributed by atoms with Crippen molar-refractivity contribution in [3.8, 4) is 0 Å². The second-order valence-corrected chi connectivity index (χ2v) is 8.36. The molecule has 1 atom stereocenters. The van der Waals surface area contributed by atoms with Crippen molar-refractivity contribution in [1.29, 1.82) is 0 Å². The summed E-state index contributed by atoms with van der Waals surface area (Å²) >= 11 is 6.17. The zero-order valence-corrected chi connectivity index (χ0v) is 17.5. The van der Waals surface area contributed by atoms with Crippen LogP contribution >= 0.6 is 11.6 Å². The molecular weight excluding hydrogens is 375 g/mol. The van der Waals surface area contributed by atoms with E-state index in [1.54, 1.807) is 12.1 Å². The highest BCUT2D eigenvalue weighted by Crippen LogP contribution is 2.29. The Morgan fingerprint density at radius 2 is 2.04 bits per heavy atom. The van der Waals surface area contributed by atoms with Gasteiger partial charge in [-0.1, -0.05) is 49.7 Å². The van der Waals surface area contributed by atoms with Crippen molar-refractivity contribution in [1.82, 2.24) is 4.90 Å². The summed E-state index contributed by atoms with van der Waals surface area (Å²) in [5.41, 5.74) is 3.66. The van der Waals surface area contributed by atoms with Gasteiger partial charge in [0.2, 0.25) is 5.91 Å². The molecule has 28 heavy (non-hydrogen) atoms. The second kappa shape index (κ2) is 9.06. The van der Waals surface area contributed by atoms with Crippen LogP contribution in [0.4, 0.5) is 10.1 Å². The van der Waals surface area contributed by atoms with Crippen molar-refractivity contribution in [2.45, 2.75) is 46.1 Å². The summed E-state index contributed by atoms with van der Waals surface area (Å²) in [6, 6.07) is 10.9. The topological polar surface area (TPSA) is 32.3 Å². The SMILES string of the molecule is Cc1cccc(C(C)C)c1NC(=O)C1CCCN(Cc2c(F)cccc2Cl)C1. The number of benzene rings is 2. The van der Waals surface area contributed by atoms with Gasteiger partial charge in [0.05, 0.1) is 5.92 Å².